The van der Waals surface area contributed by atoms with Crippen molar-refractivity contribution in [3.63, 3.8) is 0 Å². The maximum absolute atomic E-state index is 10.2. The van der Waals surface area contributed by atoms with Gasteiger partial charge in [-0.2, -0.15) is 0 Å². The molecule has 0 spiro atoms. The lowest BCUT2D eigenvalue weighted by molar-refractivity contribution is 0.0336. The summed E-state index contributed by atoms with van der Waals surface area (Å²) in [7, 11) is 0. The van der Waals surface area contributed by atoms with E-state index in [1.807, 2.05) is 18.2 Å². The molecule has 1 aromatic rings. The number of rotatable bonds is 4. The molecule has 2 fully saturated rings. The van der Waals surface area contributed by atoms with Crippen LogP contribution in [0.5, 0.6) is 5.75 Å². The first-order chi connectivity index (χ1) is 8.72. The summed E-state index contributed by atoms with van der Waals surface area (Å²) in [5, 5.41) is 10.9. The number of hydrogen-bond acceptors (Lipinski definition) is 2. The van der Waals surface area contributed by atoms with Gasteiger partial charge in [0.15, 0.2) is 0 Å². The molecule has 4 atom stereocenters. The SMILES string of the molecule is OC(COc1cccc(Cl)c1)C1CC2CCC1C2. The fourth-order valence-corrected chi connectivity index (χ4v) is 3.81. The lowest BCUT2D eigenvalue weighted by Gasteiger charge is -2.26. The summed E-state index contributed by atoms with van der Waals surface area (Å²) in [5.74, 6) is 2.78. The monoisotopic (exact) mass is 266 g/mol. The molecule has 18 heavy (non-hydrogen) atoms. The minimum atomic E-state index is -0.334. The molecule has 3 rings (SSSR count). The zero-order valence-electron chi connectivity index (χ0n) is 10.4. The maximum Gasteiger partial charge on any atom is 0.120 e. The van der Waals surface area contributed by atoms with Gasteiger partial charge in [0.2, 0.25) is 0 Å². The van der Waals surface area contributed by atoms with Crippen LogP contribution in [0.3, 0.4) is 0 Å². The molecule has 4 unspecified atom stereocenters. The Morgan fingerprint density at radius 1 is 1.33 bits per heavy atom. The first-order valence-electron chi connectivity index (χ1n) is 6.79. The van der Waals surface area contributed by atoms with Gasteiger partial charge in [-0.15, -0.1) is 0 Å². The van der Waals surface area contributed by atoms with Crippen molar-refractivity contribution < 1.29 is 9.84 Å². The predicted molar refractivity (Wildman–Crippen MR) is 71.9 cm³/mol. The van der Waals surface area contributed by atoms with Crippen LogP contribution >= 0.6 is 11.6 Å². The van der Waals surface area contributed by atoms with Crippen LogP contribution in [0.1, 0.15) is 25.7 Å². The molecule has 0 amide bonds. The van der Waals surface area contributed by atoms with E-state index in [2.05, 4.69) is 0 Å². The van der Waals surface area contributed by atoms with Crippen molar-refractivity contribution in [2.75, 3.05) is 6.61 Å². The highest BCUT2D eigenvalue weighted by molar-refractivity contribution is 6.30. The largest absolute Gasteiger partial charge is 0.491 e. The average molecular weight is 267 g/mol. The van der Waals surface area contributed by atoms with Gasteiger partial charge in [0.1, 0.15) is 12.4 Å². The summed E-state index contributed by atoms with van der Waals surface area (Å²) in [6.07, 6.45) is 4.83. The third-order valence-corrected chi connectivity index (χ3v) is 4.74. The molecule has 1 N–H and O–H groups in total. The number of aliphatic hydroxyl groups is 1. The molecule has 3 heteroatoms. The Balaban J connectivity index is 1.54. The number of fused-ring (bicyclic) bond motifs is 2. The Kier molecular flexibility index (Phi) is 3.49. The molecule has 0 saturated heterocycles. The van der Waals surface area contributed by atoms with Gasteiger partial charge in [0.05, 0.1) is 6.10 Å². The molecule has 2 aliphatic carbocycles. The number of hydrogen-bond donors (Lipinski definition) is 1. The van der Waals surface area contributed by atoms with Crippen LogP contribution in [0.4, 0.5) is 0 Å². The van der Waals surface area contributed by atoms with E-state index in [1.54, 1.807) is 6.07 Å². The molecular formula is C15H19ClO2. The predicted octanol–water partition coefficient (Wildman–Crippen LogP) is 3.52. The van der Waals surface area contributed by atoms with Gasteiger partial charge >= 0.3 is 0 Å². The Bertz CT molecular complexity index is 421. The minimum absolute atomic E-state index is 0.334. The van der Waals surface area contributed by atoms with Gasteiger partial charge in [-0.1, -0.05) is 24.1 Å². The molecule has 0 heterocycles. The zero-order valence-corrected chi connectivity index (χ0v) is 11.1. The van der Waals surface area contributed by atoms with Gasteiger partial charge in [-0.05, 0) is 55.2 Å². The molecule has 1 aromatic carbocycles. The molecule has 0 radical (unpaired) electrons. The number of benzene rings is 1. The first-order valence-corrected chi connectivity index (χ1v) is 7.16. The number of halogens is 1. The summed E-state index contributed by atoms with van der Waals surface area (Å²) in [6.45, 7) is 0.383. The van der Waals surface area contributed by atoms with E-state index in [9.17, 15) is 5.11 Å². The van der Waals surface area contributed by atoms with E-state index >= 15 is 0 Å². The maximum atomic E-state index is 10.2. The highest BCUT2D eigenvalue weighted by atomic mass is 35.5. The van der Waals surface area contributed by atoms with Gasteiger partial charge < -0.3 is 9.84 Å². The fraction of sp³-hybridized carbons (Fsp3) is 0.600. The number of aliphatic hydroxyl groups excluding tert-OH is 1. The zero-order chi connectivity index (χ0) is 12.5. The van der Waals surface area contributed by atoms with Crippen LogP contribution in [-0.4, -0.2) is 17.8 Å². The highest BCUT2D eigenvalue weighted by Crippen LogP contribution is 2.49. The van der Waals surface area contributed by atoms with Crippen LogP contribution in [-0.2, 0) is 0 Å². The normalized spacial score (nSPS) is 31.6. The van der Waals surface area contributed by atoms with Crippen LogP contribution in [0.2, 0.25) is 5.02 Å². The van der Waals surface area contributed by atoms with E-state index in [-0.39, 0.29) is 6.10 Å². The summed E-state index contributed by atoms with van der Waals surface area (Å²) >= 11 is 5.90. The average Bonchev–Trinajstić information content (AvgIpc) is 2.98. The Morgan fingerprint density at radius 2 is 2.22 bits per heavy atom. The van der Waals surface area contributed by atoms with Crippen molar-refractivity contribution in [2.24, 2.45) is 17.8 Å². The summed E-state index contributed by atoms with van der Waals surface area (Å²) in [5.41, 5.74) is 0. The van der Waals surface area contributed by atoms with Crippen LogP contribution in [0.15, 0.2) is 24.3 Å². The Morgan fingerprint density at radius 3 is 2.89 bits per heavy atom. The topological polar surface area (TPSA) is 29.5 Å². The first kappa shape index (κ1) is 12.3. The quantitative estimate of drug-likeness (QED) is 0.904. The third kappa shape index (κ3) is 2.50. The van der Waals surface area contributed by atoms with Crippen LogP contribution in [0, 0.1) is 17.8 Å². The third-order valence-electron chi connectivity index (χ3n) is 4.50. The molecule has 0 aliphatic heterocycles. The van der Waals surface area contributed by atoms with Crippen LogP contribution in [0.25, 0.3) is 0 Å². The van der Waals surface area contributed by atoms with Gasteiger partial charge in [0, 0.05) is 5.02 Å². The second-order valence-corrected chi connectivity index (χ2v) is 6.11. The van der Waals surface area contributed by atoms with Gasteiger partial charge in [-0.25, -0.2) is 0 Å². The van der Waals surface area contributed by atoms with E-state index in [1.165, 1.54) is 25.7 Å². The van der Waals surface area contributed by atoms with Gasteiger partial charge in [0.25, 0.3) is 0 Å². The van der Waals surface area contributed by atoms with Crippen molar-refractivity contribution in [2.45, 2.75) is 31.8 Å². The summed E-state index contributed by atoms with van der Waals surface area (Å²) in [6, 6.07) is 7.34. The Labute approximate surface area is 113 Å². The highest BCUT2D eigenvalue weighted by Gasteiger charge is 2.42. The van der Waals surface area contributed by atoms with Crippen molar-refractivity contribution in [1.29, 1.82) is 0 Å². The van der Waals surface area contributed by atoms with Crippen LogP contribution < -0.4 is 4.74 Å². The van der Waals surface area contributed by atoms with E-state index in [0.29, 0.717) is 17.5 Å². The van der Waals surface area contributed by atoms with Gasteiger partial charge in [-0.3, -0.25) is 0 Å². The van der Waals surface area contributed by atoms with Crippen molar-refractivity contribution in [3.8, 4) is 5.75 Å². The molecule has 2 saturated carbocycles. The minimum Gasteiger partial charge on any atom is -0.491 e. The van der Waals surface area contributed by atoms with Crippen molar-refractivity contribution in [3.05, 3.63) is 29.3 Å². The second-order valence-electron chi connectivity index (χ2n) is 5.67. The Hall–Kier alpha value is -0.730. The summed E-state index contributed by atoms with van der Waals surface area (Å²) < 4.78 is 5.63. The smallest absolute Gasteiger partial charge is 0.120 e. The van der Waals surface area contributed by atoms with E-state index in [0.717, 1.165) is 17.6 Å². The van der Waals surface area contributed by atoms with Crippen molar-refractivity contribution in [1.82, 2.24) is 0 Å². The summed E-state index contributed by atoms with van der Waals surface area (Å²) in [4.78, 5) is 0. The standard InChI is InChI=1S/C15H19ClO2/c16-12-2-1-3-13(8-12)18-9-15(17)14-7-10-4-5-11(14)6-10/h1-3,8,10-11,14-15,17H,4-7,9H2. The van der Waals surface area contributed by atoms with E-state index in [4.69, 9.17) is 16.3 Å². The molecule has 2 aliphatic rings. The van der Waals surface area contributed by atoms with Crippen molar-refractivity contribution >= 4 is 11.6 Å². The van der Waals surface area contributed by atoms with E-state index < -0.39 is 0 Å². The molecule has 2 nitrogen and oxygen atoms in total. The number of ether oxygens (including phenoxy) is 1. The second kappa shape index (κ2) is 5.10. The molecule has 0 aromatic heterocycles. The fourth-order valence-electron chi connectivity index (χ4n) is 3.63. The lowest BCUT2D eigenvalue weighted by Crippen LogP contribution is -2.31. The molecule has 98 valence electrons. The lowest BCUT2D eigenvalue weighted by atomic mass is 9.85. The molecular weight excluding hydrogens is 248 g/mol. The molecule has 2 bridgehead atoms.